The van der Waals surface area contributed by atoms with Gasteiger partial charge in [-0.2, -0.15) is 0 Å². The maximum Gasteiger partial charge on any atom is -0.00860 e. The number of allylic oxidation sites excluding steroid dienone is 4. The van der Waals surface area contributed by atoms with Crippen molar-refractivity contribution < 1.29 is 0 Å². The summed E-state index contributed by atoms with van der Waals surface area (Å²) >= 11 is 2.50. The smallest absolute Gasteiger partial charge is 0.00860 e. The molecule has 1 aliphatic carbocycles. The Balaban J connectivity index is 2.32. The zero-order valence-electron chi connectivity index (χ0n) is 11.7. The van der Waals surface area contributed by atoms with Gasteiger partial charge in [0, 0.05) is 0 Å². The van der Waals surface area contributed by atoms with Crippen molar-refractivity contribution in [3.63, 3.8) is 0 Å². The molecule has 0 saturated heterocycles. The van der Waals surface area contributed by atoms with E-state index in [0.717, 1.165) is 0 Å². The first-order valence-electron chi connectivity index (χ1n) is 7.08. The minimum absolute atomic E-state index is 0.472. The van der Waals surface area contributed by atoms with Crippen molar-refractivity contribution in [2.75, 3.05) is 0 Å². The van der Waals surface area contributed by atoms with Crippen LogP contribution in [0, 0.1) is 5.41 Å². The van der Waals surface area contributed by atoms with E-state index < -0.39 is 0 Å². The zero-order chi connectivity index (χ0) is 12.7. The van der Waals surface area contributed by atoms with E-state index in [2.05, 4.69) is 55.5 Å². The van der Waals surface area contributed by atoms with E-state index in [1.54, 1.807) is 5.57 Å². The molecule has 0 radical (unpaired) electrons. The molecule has 0 spiro atoms. The highest BCUT2D eigenvalue weighted by molar-refractivity contribution is 14.1. The highest BCUT2D eigenvalue weighted by Gasteiger charge is 2.23. The Morgan fingerprint density at radius 1 is 1.18 bits per heavy atom. The van der Waals surface area contributed by atoms with Crippen LogP contribution in [0.2, 0.25) is 0 Å². The van der Waals surface area contributed by atoms with Gasteiger partial charge in [-0.1, -0.05) is 64.2 Å². The second-order valence-corrected chi connectivity index (χ2v) is 7.48. The third-order valence-corrected chi connectivity index (χ3v) is 4.08. The lowest BCUT2D eigenvalue weighted by Gasteiger charge is -2.29. The number of halogens is 1. The van der Waals surface area contributed by atoms with E-state index in [1.807, 2.05) is 0 Å². The fraction of sp³-hybridized carbons (Fsp3) is 0.750. The molecule has 0 aliphatic heterocycles. The molecule has 0 atom stereocenters. The molecule has 0 saturated carbocycles. The standard InChI is InChI=1S/C16H27I/c1-4-5-6-7-8-9-10-14-11-15(17)13-16(2,3)12-14/h10-11H,4-9,12-13H2,1-3H3/b14-10+. The van der Waals surface area contributed by atoms with E-state index in [4.69, 9.17) is 0 Å². The van der Waals surface area contributed by atoms with Crippen molar-refractivity contribution >= 4 is 22.6 Å². The van der Waals surface area contributed by atoms with Crippen LogP contribution >= 0.6 is 22.6 Å². The second-order valence-electron chi connectivity index (χ2n) is 6.09. The molecule has 0 unspecified atom stereocenters. The van der Waals surface area contributed by atoms with E-state index >= 15 is 0 Å². The van der Waals surface area contributed by atoms with Gasteiger partial charge in [0.05, 0.1) is 0 Å². The van der Waals surface area contributed by atoms with Crippen LogP contribution in [0.1, 0.15) is 72.1 Å². The maximum atomic E-state index is 2.50. The molecule has 17 heavy (non-hydrogen) atoms. The topological polar surface area (TPSA) is 0 Å². The van der Waals surface area contributed by atoms with Crippen LogP contribution < -0.4 is 0 Å². The second kappa shape index (κ2) is 7.60. The normalized spacial score (nSPS) is 21.6. The fourth-order valence-electron chi connectivity index (χ4n) is 2.54. The minimum atomic E-state index is 0.472. The van der Waals surface area contributed by atoms with Crippen LogP contribution in [0.3, 0.4) is 0 Å². The largest absolute Gasteiger partial charge is 0.0813 e. The van der Waals surface area contributed by atoms with Gasteiger partial charge in [-0.15, -0.1) is 0 Å². The van der Waals surface area contributed by atoms with Crippen LogP contribution in [0.15, 0.2) is 21.3 Å². The van der Waals surface area contributed by atoms with E-state index in [1.165, 1.54) is 54.9 Å². The first-order chi connectivity index (χ1) is 8.03. The number of rotatable bonds is 6. The van der Waals surface area contributed by atoms with Gasteiger partial charge in [0.1, 0.15) is 0 Å². The SMILES string of the molecule is CCCCCCC/C=C1\C=C(I)CC(C)(C)C1. The molecule has 0 fully saturated rings. The molecule has 0 amide bonds. The Labute approximate surface area is 121 Å². The molecular formula is C16H27I. The molecule has 98 valence electrons. The summed E-state index contributed by atoms with van der Waals surface area (Å²) in [5.41, 5.74) is 2.04. The van der Waals surface area contributed by atoms with Crippen LogP contribution in [-0.2, 0) is 0 Å². The highest BCUT2D eigenvalue weighted by atomic mass is 127. The van der Waals surface area contributed by atoms with Crippen molar-refractivity contribution in [1.82, 2.24) is 0 Å². The summed E-state index contributed by atoms with van der Waals surface area (Å²) in [6, 6.07) is 0. The molecular weight excluding hydrogens is 319 g/mol. The lowest BCUT2D eigenvalue weighted by Crippen LogP contribution is -2.15. The minimum Gasteiger partial charge on any atom is -0.0813 e. The van der Waals surface area contributed by atoms with E-state index in [-0.39, 0.29) is 0 Å². The van der Waals surface area contributed by atoms with Crippen molar-refractivity contribution in [1.29, 1.82) is 0 Å². The third kappa shape index (κ3) is 6.64. The highest BCUT2D eigenvalue weighted by Crippen LogP contribution is 2.40. The molecule has 0 aromatic carbocycles. The molecule has 0 heterocycles. The van der Waals surface area contributed by atoms with Crippen molar-refractivity contribution in [3.8, 4) is 0 Å². The molecule has 1 heteroatoms. The first-order valence-corrected chi connectivity index (χ1v) is 8.16. The lowest BCUT2D eigenvalue weighted by molar-refractivity contribution is 0.360. The van der Waals surface area contributed by atoms with Crippen molar-refractivity contribution in [2.45, 2.75) is 72.1 Å². The number of hydrogen-bond acceptors (Lipinski definition) is 0. The zero-order valence-corrected chi connectivity index (χ0v) is 13.8. The third-order valence-electron chi connectivity index (χ3n) is 3.39. The number of hydrogen-bond donors (Lipinski definition) is 0. The summed E-state index contributed by atoms with van der Waals surface area (Å²) in [7, 11) is 0. The van der Waals surface area contributed by atoms with Crippen molar-refractivity contribution in [3.05, 3.63) is 21.3 Å². The van der Waals surface area contributed by atoms with Gasteiger partial charge < -0.3 is 0 Å². The molecule has 0 aromatic heterocycles. The molecule has 0 bridgehead atoms. The summed E-state index contributed by atoms with van der Waals surface area (Å²) in [6.45, 7) is 7.04. The maximum absolute atomic E-state index is 2.50. The Morgan fingerprint density at radius 3 is 2.53 bits per heavy atom. The molecule has 0 aromatic rings. The van der Waals surface area contributed by atoms with E-state index in [9.17, 15) is 0 Å². The van der Waals surface area contributed by atoms with Crippen LogP contribution in [0.5, 0.6) is 0 Å². The van der Waals surface area contributed by atoms with Crippen LogP contribution in [-0.4, -0.2) is 0 Å². The Kier molecular flexibility index (Phi) is 6.83. The van der Waals surface area contributed by atoms with Gasteiger partial charge in [0.2, 0.25) is 0 Å². The van der Waals surface area contributed by atoms with Gasteiger partial charge in [0.25, 0.3) is 0 Å². The fourth-order valence-corrected chi connectivity index (χ4v) is 3.97. The Bertz CT molecular complexity index is 284. The van der Waals surface area contributed by atoms with Crippen LogP contribution in [0.4, 0.5) is 0 Å². The van der Waals surface area contributed by atoms with Crippen LogP contribution in [0.25, 0.3) is 0 Å². The van der Waals surface area contributed by atoms with Crippen molar-refractivity contribution in [2.24, 2.45) is 5.41 Å². The quantitative estimate of drug-likeness (QED) is 0.385. The van der Waals surface area contributed by atoms with Gasteiger partial charge >= 0.3 is 0 Å². The summed E-state index contributed by atoms with van der Waals surface area (Å²) in [5.74, 6) is 0. The molecule has 1 aliphatic rings. The van der Waals surface area contributed by atoms with Gasteiger partial charge in [-0.05, 0) is 57.3 Å². The Hall–Kier alpha value is 0.210. The lowest BCUT2D eigenvalue weighted by atomic mass is 9.78. The average Bonchev–Trinajstić information content (AvgIpc) is 2.20. The van der Waals surface area contributed by atoms with Gasteiger partial charge in [-0.25, -0.2) is 0 Å². The molecule has 0 nitrogen and oxygen atoms in total. The first kappa shape index (κ1) is 15.3. The molecule has 0 N–H and O–H groups in total. The average molecular weight is 346 g/mol. The monoisotopic (exact) mass is 346 g/mol. The Morgan fingerprint density at radius 2 is 1.88 bits per heavy atom. The summed E-state index contributed by atoms with van der Waals surface area (Å²) < 4.78 is 1.52. The predicted molar refractivity (Wildman–Crippen MR) is 86.6 cm³/mol. The summed E-state index contributed by atoms with van der Waals surface area (Å²) in [5, 5.41) is 0. The summed E-state index contributed by atoms with van der Waals surface area (Å²) in [4.78, 5) is 0. The van der Waals surface area contributed by atoms with E-state index in [0.29, 0.717) is 5.41 Å². The number of unbranched alkanes of at least 4 members (excludes halogenated alkanes) is 5. The van der Waals surface area contributed by atoms with Gasteiger partial charge in [-0.3, -0.25) is 0 Å². The molecule has 1 rings (SSSR count). The summed E-state index contributed by atoms with van der Waals surface area (Å²) in [6.07, 6.45) is 15.6. The van der Waals surface area contributed by atoms with Gasteiger partial charge in [0.15, 0.2) is 0 Å². The predicted octanol–water partition coefficient (Wildman–Crippen LogP) is 6.41.